The maximum Gasteiger partial charge on any atom is 0.389 e. The molecule has 1 fully saturated rings. The lowest BCUT2D eigenvalue weighted by Crippen LogP contribution is -2.32. The molecule has 0 saturated carbocycles. The summed E-state index contributed by atoms with van der Waals surface area (Å²) in [7, 11) is 0. The molecule has 1 aliphatic heterocycles. The van der Waals surface area contributed by atoms with E-state index >= 15 is 0 Å². The van der Waals surface area contributed by atoms with Gasteiger partial charge in [0.05, 0.1) is 6.42 Å². The quantitative estimate of drug-likeness (QED) is 0.799. The van der Waals surface area contributed by atoms with Crippen molar-refractivity contribution in [3.63, 3.8) is 0 Å². The Kier molecular flexibility index (Phi) is 5.37. The van der Waals surface area contributed by atoms with Crippen molar-refractivity contribution in [3.8, 4) is 0 Å². The van der Waals surface area contributed by atoms with Gasteiger partial charge in [-0.1, -0.05) is 0 Å². The summed E-state index contributed by atoms with van der Waals surface area (Å²) in [5, 5.41) is 0. The number of nitrogens with two attached hydrogens (primary N) is 1. The molecule has 90 valence electrons. The summed E-state index contributed by atoms with van der Waals surface area (Å²) in [5.74, 6) is -0.449. The second kappa shape index (κ2) is 5.55. The summed E-state index contributed by atoms with van der Waals surface area (Å²) in [6.07, 6.45) is -5.08. The molecule has 0 aromatic carbocycles. The molecule has 15 heavy (non-hydrogen) atoms. The number of carbonyl (C=O) groups excluding carboxylic acids is 1. The van der Waals surface area contributed by atoms with Crippen molar-refractivity contribution in [2.75, 3.05) is 13.1 Å². The molecular formula is C8H14ClF3N2O. The van der Waals surface area contributed by atoms with Crippen LogP contribution in [-0.4, -0.2) is 36.1 Å². The molecule has 2 N–H and O–H groups in total. The summed E-state index contributed by atoms with van der Waals surface area (Å²) < 4.78 is 35.4. The Bertz CT molecular complexity index is 222. The molecule has 7 heteroatoms. The predicted octanol–water partition coefficient (Wildman–Crippen LogP) is 1.31. The Morgan fingerprint density at radius 1 is 1.47 bits per heavy atom. The smallest absolute Gasteiger partial charge is 0.341 e. The molecule has 1 unspecified atom stereocenters. The van der Waals surface area contributed by atoms with Gasteiger partial charge in [-0.05, 0) is 6.42 Å². The predicted molar refractivity (Wildman–Crippen MR) is 51.7 cm³/mol. The highest BCUT2D eigenvalue weighted by Gasteiger charge is 2.30. The second-order valence-electron chi connectivity index (χ2n) is 3.50. The van der Waals surface area contributed by atoms with Crippen molar-refractivity contribution in [1.29, 1.82) is 0 Å². The summed E-state index contributed by atoms with van der Waals surface area (Å²) >= 11 is 0. The van der Waals surface area contributed by atoms with Gasteiger partial charge in [-0.15, -0.1) is 12.4 Å². The van der Waals surface area contributed by atoms with E-state index in [2.05, 4.69) is 0 Å². The highest BCUT2D eigenvalue weighted by atomic mass is 35.5. The van der Waals surface area contributed by atoms with Gasteiger partial charge in [-0.3, -0.25) is 4.79 Å². The van der Waals surface area contributed by atoms with Crippen LogP contribution in [0.3, 0.4) is 0 Å². The molecule has 0 bridgehead atoms. The first-order chi connectivity index (χ1) is 6.38. The van der Waals surface area contributed by atoms with Gasteiger partial charge in [0, 0.05) is 25.6 Å². The van der Waals surface area contributed by atoms with Gasteiger partial charge in [0.2, 0.25) is 5.91 Å². The van der Waals surface area contributed by atoms with E-state index in [1.165, 1.54) is 4.90 Å². The number of hydrogen-bond acceptors (Lipinski definition) is 2. The first-order valence-electron chi connectivity index (χ1n) is 4.48. The Morgan fingerprint density at radius 2 is 2.07 bits per heavy atom. The van der Waals surface area contributed by atoms with Crippen LogP contribution in [-0.2, 0) is 4.79 Å². The van der Waals surface area contributed by atoms with E-state index in [-0.39, 0.29) is 18.4 Å². The van der Waals surface area contributed by atoms with E-state index in [4.69, 9.17) is 5.73 Å². The lowest BCUT2D eigenvalue weighted by atomic mass is 10.3. The van der Waals surface area contributed by atoms with Crippen LogP contribution in [0.4, 0.5) is 13.2 Å². The molecule has 0 aliphatic carbocycles. The highest BCUT2D eigenvalue weighted by Crippen LogP contribution is 2.22. The number of alkyl halides is 3. The van der Waals surface area contributed by atoms with Crippen LogP contribution in [0.5, 0.6) is 0 Å². The number of nitrogens with zero attached hydrogens (tertiary/aromatic N) is 1. The Labute approximate surface area is 92.2 Å². The van der Waals surface area contributed by atoms with E-state index in [0.29, 0.717) is 19.5 Å². The van der Waals surface area contributed by atoms with Gasteiger partial charge in [0.15, 0.2) is 0 Å². The number of rotatable bonds is 2. The van der Waals surface area contributed by atoms with Gasteiger partial charge in [0.1, 0.15) is 0 Å². The van der Waals surface area contributed by atoms with Crippen molar-refractivity contribution < 1.29 is 18.0 Å². The molecule has 0 aromatic heterocycles. The van der Waals surface area contributed by atoms with Crippen molar-refractivity contribution in [2.24, 2.45) is 5.73 Å². The topological polar surface area (TPSA) is 46.3 Å². The standard InChI is InChI=1S/C8H13F3N2O.ClH/c9-8(10,11)3-1-7(14)13-4-2-6(12)5-13;/h6H,1-5,12H2;1H. The maximum atomic E-state index is 11.8. The molecule has 1 aliphatic rings. The molecule has 3 nitrogen and oxygen atoms in total. The Balaban J connectivity index is 0.00000196. The molecule has 1 rings (SSSR count). The zero-order valence-electron chi connectivity index (χ0n) is 8.09. The van der Waals surface area contributed by atoms with Crippen LogP contribution in [0, 0.1) is 0 Å². The summed E-state index contributed by atoms with van der Waals surface area (Å²) in [6, 6.07) is -0.0789. The second-order valence-corrected chi connectivity index (χ2v) is 3.50. The molecular weight excluding hydrogens is 233 g/mol. The molecule has 0 aromatic rings. The van der Waals surface area contributed by atoms with Crippen LogP contribution >= 0.6 is 12.4 Å². The summed E-state index contributed by atoms with van der Waals surface area (Å²) in [4.78, 5) is 12.6. The molecule has 1 atom stereocenters. The fourth-order valence-electron chi connectivity index (χ4n) is 1.42. The SMILES string of the molecule is Cl.NC1CCN(C(=O)CCC(F)(F)F)C1. The molecule has 1 amide bonds. The average Bonchev–Trinajstić information content (AvgIpc) is 2.46. The van der Waals surface area contributed by atoms with Crippen LogP contribution in [0.2, 0.25) is 0 Å². The maximum absolute atomic E-state index is 11.8. The number of carbonyl (C=O) groups is 1. The largest absolute Gasteiger partial charge is 0.389 e. The number of amides is 1. The van der Waals surface area contributed by atoms with Crippen LogP contribution in [0.1, 0.15) is 19.3 Å². The Morgan fingerprint density at radius 3 is 2.47 bits per heavy atom. The van der Waals surface area contributed by atoms with E-state index in [0.717, 1.165) is 0 Å². The first kappa shape index (κ1) is 14.5. The number of likely N-dealkylation sites (tertiary alicyclic amines) is 1. The van der Waals surface area contributed by atoms with Crippen molar-refractivity contribution in [1.82, 2.24) is 4.90 Å². The van der Waals surface area contributed by atoms with Crippen molar-refractivity contribution in [2.45, 2.75) is 31.5 Å². The third-order valence-corrected chi connectivity index (χ3v) is 2.20. The molecule has 1 heterocycles. The summed E-state index contributed by atoms with van der Waals surface area (Å²) in [6.45, 7) is 0.870. The van der Waals surface area contributed by atoms with Crippen LogP contribution in [0.15, 0.2) is 0 Å². The van der Waals surface area contributed by atoms with Crippen molar-refractivity contribution in [3.05, 3.63) is 0 Å². The number of hydrogen-bond donors (Lipinski definition) is 1. The van der Waals surface area contributed by atoms with Crippen molar-refractivity contribution >= 4 is 18.3 Å². The highest BCUT2D eigenvalue weighted by molar-refractivity contribution is 5.85. The first-order valence-corrected chi connectivity index (χ1v) is 4.48. The minimum atomic E-state index is -4.25. The minimum Gasteiger partial charge on any atom is -0.341 e. The van der Waals surface area contributed by atoms with Crippen LogP contribution in [0.25, 0.3) is 0 Å². The number of halogens is 4. The van der Waals surface area contributed by atoms with E-state index in [1.807, 2.05) is 0 Å². The van der Waals surface area contributed by atoms with Crippen LogP contribution < -0.4 is 5.73 Å². The normalized spacial score (nSPS) is 21.3. The lowest BCUT2D eigenvalue weighted by Gasteiger charge is -2.16. The third-order valence-electron chi connectivity index (χ3n) is 2.20. The molecule has 0 spiro atoms. The van der Waals surface area contributed by atoms with E-state index < -0.39 is 24.9 Å². The zero-order valence-corrected chi connectivity index (χ0v) is 8.90. The van der Waals surface area contributed by atoms with Gasteiger partial charge in [-0.2, -0.15) is 13.2 Å². The van der Waals surface area contributed by atoms with Gasteiger partial charge < -0.3 is 10.6 Å². The third kappa shape index (κ3) is 5.22. The van der Waals surface area contributed by atoms with E-state index in [1.54, 1.807) is 0 Å². The molecule has 1 saturated heterocycles. The summed E-state index contributed by atoms with van der Waals surface area (Å²) in [5.41, 5.74) is 5.53. The average molecular weight is 247 g/mol. The zero-order chi connectivity index (χ0) is 10.8. The molecule has 0 radical (unpaired) electrons. The minimum absolute atomic E-state index is 0. The van der Waals surface area contributed by atoms with Gasteiger partial charge >= 0.3 is 6.18 Å². The fraction of sp³-hybridized carbons (Fsp3) is 0.875. The lowest BCUT2D eigenvalue weighted by molar-refractivity contribution is -0.148. The monoisotopic (exact) mass is 246 g/mol. The van der Waals surface area contributed by atoms with E-state index in [9.17, 15) is 18.0 Å². The Hall–Kier alpha value is -0.490. The van der Waals surface area contributed by atoms with Gasteiger partial charge in [-0.25, -0.2) is 0 Å². The fourth-order valence-corrected chi connectivity index (χ4v) is 1.42. The van der Waals surface area contributed by atoms with Gasteiger partial charge in [0.25, 0.3) is 0 Å².